The Hall–Kier alpha value is -2.70. The van der Waals surface area contributed by atoms with E-state index in [9.17, 15) is 19.7 Å². The van der Waals surface area contributed by atoms with Crippen LogP contribution in [0.3, 0.4) is 0 Å². The van der Waals surface area contributed by atoms with Gasteiger partial charge in [0.2, 0.25) is 5.91 Å². The second-order valence-corrected chi connectivity index (χ2v) is 4.68. The molecule has 0 fully saturated rings. The molecular weight excluding hydrogens is 288 g/mol. The van der Waals surface area contributed by atoms with Crippen LogP contribution in [0.25, 0.3) is 6.08 Å². The van der Waals surface area contributed by atoms with E-state index in [4.69, 9.17) is 5.11 Å². The van der Waals surface area contributed by atoms with Crippen molar-refractivity contribution in [3.05, 3.63) is 46.0 Å². The number of nitro benzene ring substituents is 1. The van der Waals surface area contributed by atoms with Crippen LogP contribution in [0.15, 0.2) is 30.3 Å². The van der Waals surface area contributed by atoms with Gasteiger partial charge < -0.3 is 10.4 Å². The molecule has 0 bridgehead atoms. The molecule has 7 nitrogen and oxygen atoms in total. The molecule has 0 unspecified atom stereocenters. The second kappa shape index (κ2) is 9.28. The summed E-state index contributed by atoms with van der Waals surface area (Å²) in [4.78, 5) is 31.9. The molecule has 1 aromatic rings. The molecule has 1 aromatic carbocycles. The fourth-order valence-corrected chi connectivity index (χ4v) is 1.73. The minimum absolute atomic E-state index is 0.00274. The highest BCUT2D eigenvalue weighted by atomic mass is 16.6. The molecule has 0 saturated heterocycles. The number of aliphatic carboxylic acids is 1. The van der Waals surface area contributed by atoms with Crippen molar-refractivity contribution in [2.75, 3.05) is 6.54 Å². The Morgan fingerprint density at radius 1 is 1.18 bits per heavy atom. The van der Waals surface area contributed by atoms with E-state index < -0.39 is 10.9 Å². The molecule has 0 atom stereocenters. The van der Waals surface area contributed by atoms with Crippen LogP contribution < -0.4 is 5.32 Å². The summed E-state index contributed by atoms with van der Waals surface area (Å²) in [6.07, 6.45) is 5.16. The Kier molecular flexibility index (Phi) is 7.32. The third-order valence-electron chi connectivity index (χ3n) is 2.90. The summed E-state index contributed by atoms with van der Waals surface area (Å²) in [7, 11) is 0. The van der Waals surface area contributed by atoms with Crippen molar-refractivity contribution < 1.29 is 19.6 Å². The Morgan fingerprint density at radius 2 is 1.86 bits per heavy atom. The third kappa shape index (κ3) is 7.18. The smallest absolute Gasteiger partial charge is 0.303 e. The number of benzene rings is 1. The minimum atomic E-state index is -0.810. The zero-order chi connectivity index (χ0) is 16.4. The van der Waals surface area contributed by atoms with E-state index >= 15 is 0 Å². The topological polar surface area (TPSA) is 110 Å². The number of carbonyl (C=O) groups excluding carboxylic acids is 1. The predicted octanol–water partition coefficient (Wildman–Crippen LogP) is 2.37. The number of nitrogens with zero attached hydrogens (tertiary/aromatic N) is 1. The molecule has 0 saturated carbocycles. The SMILES string of the molecule is O=C(O)CCCCCNC(=O)/C=C/c1ccc([N+](=O)[O-])cc1. The first-order valence-electron chi connectivity index (χ1n) is 6.91. The van der Waals surface area contributed by atoms with Gasteiger partial charge in [-0.25, -0.2) is 0 Å². The molecule has 0 heterocycles. The van der Waals surface area contributed by atoms with E-state index in [1.807, 2.05) is 0 Å². The number of non-ortho nitro benzene ring substituents is 1. The average Bonchev–Trinajstić information content (AvgIpc) is 2.48. The largest absolute Gasteiger partial charge is 0.481 e. The van der Waals surface area contributed by atoms with Crippen LogP contribution in [0.1, 0.15) is 31.2 Å². The van der Waals surface area contributed by atoms with Crippen molar-refractivity contribution in [2.45, 2.75) is 25.7 Å². The van der Waals surface area contributed by atoms with Crippen LogP contribution >= 0.6 is 0 Å². The van der Waals surface area contributed by atoms with Gasteiger partial charge in [-0.05, 0) is 36.6 Å². The Labute approximate surface area is 127 Å². The summed E-state index contributed by atoms with van der Waals surface area (Å²) in [6.45, 7) is 0.489. The van der Waals surface area contributed by atoms with Gasteiger partial charge in [0.05, 0.1) is 4.92 Å². The lowest BCUT2D eigenvalue weighted by Gasteiger charge is -2.01. The number of amides is 1. The van der Waals surface area contributed by atoms with Crippen LogP contribution in [0.5, 0.6) is 0 Å². The highest BCUT2D eigenvalue weighted by Gasteiger charge is 2.02. The van der Waals surface area contributed by atoms with Gasteiger partial charge in [-0.1, -0.05) is 6.42 Å². The number of carboxylic acid groups (broad SMARTS) is 1. The lowest BCUT2D eigenvalue weighted by atomic mass is 10.2. The second-order valence-electron chi connectivity index (χ2n) is 4.68. The molecule has 0 spiro atoms. The predicted molar refractivity (Wildman–Crippen MR) is 81.2 cm³/mol. The zero-order valence-electron chi connectivity index (χ0n) is 12.0. The first-order chi connectivity index (χ1) is 10.5. The third-order valence-corrected chi connectivity index (χ3v) is 2.90. The van der Waals surface area contributed by atoms with E-state index in [0.29, 0.717) is 18.5 Å². The van der Waals surface area contributed by atoms with Gasteiger partial charge in [0.25, 0.3) is 5.69 Å². The molecule has 2 N–H and O–H groups in total. The number of hydrogen-bond donors (Lipinski definition) is 2. The van der Waals surface area contributed by atoms with Gasteiger partial charge in [-0.2, -0.15) is 0 Å². The molecule has 0 radical (unpaired) electrons. The van der Waals surface area contributed by atoms with Crippen LogP contribution in [0.2, 0.25) is 0 Å². The fraction of sp³-hybridized carbons (Fsp3) is 0.333. The minimum Gasteiger partial charge on any atom is -0.481 e. The molecule has 7 heteroatoms. The number of nitro groups is 1. The Balaban J connectivity index is 2.26. The van der Waals surface area contributed by atoms with Crippen molar-refractivity contribution in [1.29, 1.82) is 0 Å². The maximum absolute atomic E-state index is 11.5. The molecule has 0 aliphatic heterocycles. The van der Waals surface area contributed by atoms with Gasteiger partial charge in [-0.3, -0.25) is 19.7 Å². The van der Waals surface area contributed by atoms with Crippen LogP contribution in [0, 0.1) is 10.1 Å². The molecule has 1 rings (SSSR count). The van der Waals surface area contributed by atoms with Crippen LogP contribution in [-0.2, 0) is 9.59 Å². The van der Waals surface area contributed by atoms with Crippen molar-refractivity contribution in [3.8, 4) is 0 Å². The number of unbranched alkanes of at least 4 members (excludes halogenated alkanes) is 2. The zero-order valence-corrected chi connectivity index (χ0v) is 12.0. The monoisotopic (exact) mass is 306 g/mol. The van der Waals surface area contributed by atoms with E-state index in [1.165, 1.54) is 18.2 Å². The maximum Gasteiger partial charge on any atom is 0.303 e. The number of carboxylic acids is 1. The summed E-state index contributed by atoms with van der Waals surface area (Å²) in [6, 6.07) is 5.88. The lowest BCUT2D eigenvalue weighted by Crippen LogP contribution is -2.22. The van der Waals surface area contributed by atoms with Gasteiger partial charge in [0, 0.05) is 31.2 Å². The molecule has 22 heavy (non-hydrogen) atoms. The first-order valence-corrected chi connectivity index (χ1v) is 6.91. The van der Waals surface area contributed by atoms with Crippen molar-refractivity contribution in [2.24, 2.45) is 0 Å². The fourth-order valence-electron chi connectivity index (χ4n) is 1.73. The Morgan fingerprint density at radius 3 is 2.45 bits per heavy atom. The van der Waals surface area contributed by atoms with Gasteiger partial charge >= 0.3 is 5.97 Å². The van der Waals surface area contributed by atoms with Crippen LogP contribution in [-0.4, -0.2) is 28.5 Å². The van der Waals surface area contributed by atoms with Gasteiger partial charge in [0.15, 0.2) is 0 Å². The highest BCUT2D eigenvalue weighted by Crippen LogP contribution is 2.12. The Bertz CT molecular complexity index is 552. The summed E-state index contributed by atoms with van der Waals surface area (Å²) < 4.78 is 0. The van der Waals surface area contributed by atoms with Gasteiger partial charge in [-0.15, -0.1) is 0 Å². The molecule has 0 aromatic heterocycles. The van der Waals surface area contributed by atoms with E-state index in [2.05, 4.69) is 5.32 Å². The summed E-state index contributed by atoms with van der Waals surface area (Å²) >= 11 is 0. The number of carbonyl (C=O) groups is 2. The molecule has 0 aliphatic rings. The normalized spacial score (nSPS) is 10.5. The number of nitrogens with one attached hydrogen (secondary N) is 1. The molecule has 1 amide bonds. The van der Waals surface area contributed by atoms with Crippen LogP contribution in [0.4, 0.5) is 5.69 Å². The maximum atomic E-state index is 11.5. The standard InChI is InChI=1S/C15H18N2O5/c18-14(16-11-3-1-2-4-15(19)20)10-7-12-5-8-13(9-6-12)17(21)22/h5-10H,1-4,11H2,(H,16,18)(H,19,20)/b10-7+. The van der Waals surface area contributed by atoms with Gasteiger partial charge in [0.1, 0.15) is 0 Å². The van der Waals surface area contributed by atoms with Crippen molar-refractivity contribution in [3.63, 3.8) is 0 Å². The highest BCUT2D eigenvalue weighted by molar-refractivity contribution is 5.91. The summed E-state index contributed by atoms with van der Waals surface area (Å²) in [5.41, 5.74) is 0.699. The van der Waals surface area contributed by atoms with E-state index in [0.717, 1.165) is 12.8 Å². The quantitative estimate of drug-likeness (QED) is 0.315. The summed E-state index contributed by atoms with van der Waals surface area (Å²) in [5, 5.41) is 21.7. The van der Waals surface area contributed by atoms with Crippen molar-refractivity contribution in [1.82, 2.24) is 5.32 Å². The van der Waals surface area contributed by atoms with Crippen molar-refractivity contribution >= 4 is 23.6 Å². The van der Waals surface area contributed by atoms with E-state index in [-0.39, 0.29) is 18.0 Å². The lowest BCUT2D eigenvalue weighted by molar-refractivity contribution is -0.384. The molecule has 118 valence electrons. The number of rotatable bonds is 9. The molecular formula is C15H18N2O5. The summed E-state index contributed by atoms with van der Waals surface area (Å²) in [5.74, 6) is -1.06. The van der Waals surface area contributed by atoms with E-state index in [1.54, 1.807) is 18.2 Å². The number of hydrogen-bond acceptors (Lipinski definition) is 4. The average molecular weight is 306 g/mol. The molecule has 0 aliphatic carbocycles. The first kappa shape index (κ1) is 17.4.